The Hall–Kier alpha value is -2.40. The summed E-state index contributed by atoms with van der Waals surface area (Å²) >= 11 is 0. The molecular formula is C59H106O5. The fraction of sp³-hybridized carbons (Fsp3) is 0.797. The molecule has 0 saturated heterocycles. The lowest BCUT2D eigenvalue weighted by Crippen LogP contribution is -2.30. The molecule has 1 atom stereocenters. The number of carbonyl (C=O) groups excluding carboxylic acids is 2. The van der Waals surface area contributed by atoms with E-state index in [1.807, 2.05) is 6.08 Å². The molecule has 5 nitrogen and oxygen atoms in total. The number of esters is 2. The topological polar surface area (TPSA) is 61.8 Å². The van der Waals surface area contributed by atoms with Crippen LogP contribution in [0.1, 0.15) is 278 Å². The summed E-state index contributed by atoms with van der Waals surface area (Å²) in [5, 5.41) is 0. The van der Waals surface area contributed by atoms with Gasteiger partial charge in [0.25, 0.3) is 0 Å². The molecule has 0 aromatic heterocycles. The van der Waals surface area contributed by atoms with E-state index < -0.39 is 6.10 Å². The van der Waals surface area contributed by atoms with Crippen LogP contribution in [0.4, 0.5) is 0 Å². The average Bonchev–Trinajstić information content (AvgIpc) is 3.30. The number of hydrogen-bond donors (Lipinski definition) is 0. The Kier molecular flexibility index (Phi) is 52.9. The number of hydrogen-bond acceptors (Lipinski definition) is 5. The van der Waals surface area contributed by atoms with Gasteiger partial charge in [-0.25, -0.2) is 0 Å². The first-order chi connectivity index (χ1) is 31.6. The highest BCUT2D eigenvalue weighted by molar-refractivity contribution is 5.70. The van der Waals surface area contributed by atoms with Crippen molar-refractivity contribution in [3.8, 4) is 0 Å². The largest absolute Gasteiger partial charge is 0.462 e. The molecule has 0 heterocycles. The van der Waals surface area contributed by atoms with Crippen molar-refractivity contribution >= 4 is 11.9 Å². The molecule has 1 unspecified atom stereocenters. The number of unbranched alkanes of at least 4 members (excludes halogenated alkanes) is 30. The van der Waals surface area contributed by atoms with E-state index in [0.717, 1.165) is 51.4 Å². The molecule has 0 spiro atoms. The van der Waals surface area contributed by atoms with Crippen LogP contribution in [-0.4, -0.2) is 37.9 Å². The molecule has 0 N–H and O–H groups in total. The molecule has 0 aliphatic carbocycles. The van der Waals surface area contributed by atoms with Crippen LogP contribution in [0.3, 0.4) is 0 Å². The number of allylic oxidation sites excluding steroid dienone is 10. The van der Waals surface area contributed by atoms with Crippen molar-refractivity contribution in [1.29, 1.82) is 0 Å². The summed E-state index contributed by atoms with van der Waals surface area (Å²) in [6, 6.07) is 0. The van der Waals surface area contributed by atoms with Crippen molar-refractivity contribution in [2.75, 3.05) is 19.8 Å². The van der Waals surface area contributed by atoms with Crippen LogP contribution in [0.25, 0.3) is 0 Å². The maximum Gasteiger partial charge on any atom is 0.306 e. The van der Waals surface area contributed by atoms with Gasteiger partial charge in [0.1, 0.15) is 6.61 Å². The first kappa shape index (κ1) is 61.6. The van der Waals surface area contributed by atoms with E-state index in [-0.39, 0.29) is 25.2 Å². The molecule has 0 aliphatic rings. The van der Waals surface area contributed by atoms with E-state index in [2.05, 4.69) is 75.5 Å². The Morgan fingerprint density at radius 2 is 0.734 bits per heavy atom. The zero-order valence-electron chi connectivity index (χ0n) is 42.8. The molecule has 0 bridgehead atoms. The summed E-state index contributed by atoms with van der Waals surface area (Å²) < 4.78 is 17.4. The Bertz CT molecular complexity index is 1100. The zero-order valence-corrected chi connectivity index (χ0v) is 42.8. The van der Waals surface area contributed by atoms with Gasteiger partial charge in [0, 0.05) is 19.4 Å². The number of rotatable bonds is 51. The molecule has 0 aromatic rings. The average molecular weight is 895 g/mol. The van der Waals surface area contributed by atoms with Gasteiger partial charge in [-0.3, -0.25) is 9.59 Å². The highest BCUT2D eigenvalue weighted by atomic mass is 16.6. The van der Waals surface area contributed by atoms with E-state index in [4.69, 9.17) is 14.2 Å². The number of ether oxygens (including phenoxy) is 3. The second-order valence-corrected chi connectivity index (χ2v) is 18.5. The quantitative estimate of drug-likeness (QED) is 0.0346. The van der Waals surface area contributed by atoms with E-state index >= 15 is 0 Å². The van der Waals surface area contributed by atoms with Gasteiger partial charge < -0.3 is 14.2 Å². The van der Waals surface area contributed by atoms with Crippen LogP contribution in [-0.2, 0) is 23.8 Å². The molecule has 0 radical (unpaired) electrons. The third-order valence-electron chi connectivity index (χ3n) is 12.1. The number of carbonyl (C=O) groups is 2. The Balaban J connectivity index is 4.29. The molecule has 64 heavy (non-hydrogen) atoms. The van der Waals surface area contributed by atoms with Crippen LogP contribution in [0, 0.1) is 0 Å². The van der Waals surface area contributed by atoms with Crippen molar-refractivity contribution in [2.45, 2.75) is 284 Å². The van der Waals surface area contributed by atoms with Crippen molar-refractivity contribution in [3.63, 3.8) is 0 Å². The normalized spacial score (nSPS) is 12.6. The Labute approximate surface area is 398 Å². The third-order valence-corrected chi connectivity index (χ3v) is 12.1. The summed E-state index contributed by atoms with van der Waals surface area (Å²) in [4.78, 5) is 25.4. The third kappa shape index (κ3) is 52.2. The predicted octanol–water partition coefficient (Wildman–Crippen LogP) is 18.9. The standard InChI is InChI=1S/C59H106O5/c1-4-7-10-13-16-19-22-25-27-29-31-33-36-39-42-45-48-51-54-62-55-57(64-59(61)53-50-47-44-41-38-34-24-21-18-15-12-9-6-3)56-63-58(60)52-49-46-43-40-37-35-32-30-28-26-23-20-17-14-11-8-5-2/h9,12,18,21,25,27,34,38,44,47,57H,4-8,10-11,13-17,19-20,22-24,26,28-33,35-37,39-43,45-46,48-56H2,1-3H3/b12-9-,21-18-,27-25-,38-34-,47-44-. The van der Waals surface area contributed by atoms with Gasteiger partial charge in [-0.05, 0) is 70.6 Å². The second kappa shape index (κ2) is 54.9. The SMILES string of the molecule is CC/C=C\C/C=C\C/C=C\C/C=C\CCC(=O)OC(COCCCCCCCCCC/C=C\CCCCCCCC)COC(=O)CCCCCCCCCCCCCCCCCCC. The van der Waals surface area contributed by atoms with Crippen LogP contribution in [0.2, 0.25) is 0 Å². The molecule has 0 aliphatic heterocycles. The molecule has 0 saturated carbocycles. The minimum absolute atomic E-state index is 0.0580. The van der Waals surface area contributed by atoms with Crippen LogP contribution < -0.4 is 0 Å². The zero-order chi connectivity index (χ0) is 46.3. The van der Waals surface area contributed by atoms with Crippen LogP contribution in [0.5, 0.6) is 0 Å². The van der Waals surface area contributed by atoms with Crippen LogP contribution >= 0.6 is 0 Å². The smallest absolute Gasteiger partial charge is 0.306 e. The maximum absolute atomic E-state index is 12.8. The van der Waals surface area contributed by atoms with Gasteiger partial charge >= 0.3 is 11.9 Å². The van der Waals surface area contributed by atoms with E-state index in [0.29, 0.717) is 25.9 Å². The van der Waals surface area contributed by atoms with Gasteiger partial charge in [-0.1, -0.05) is 255 Å². The lowest BCUT2D eigenvalue weighted by Gasteiger charge is -2.18. The van der Waals surface area contributed by atoms with Crippen molar-refractivity contribution < 1.29 is 23.8 Å². The molecule has 0 aromatic carbocycles. The second-order valence-electron chi connectivity index (χ2n) is 18.5. The summed E-state index contributed by atoms with van der Waals surface area (Å²) in [6.45, 7) is 7.66. The van der Waals surface area contributed by atoms with Gasteiger partial charge in [0.15, 0.2) is 6.10 Å². The molecule has 372 valence electrons. The molecule has 0 amide bonds. The Morgan fingerprint density at radius 3 is 1.19 bits per heavy atom. The highest BCUT2D eigenvalue weighted by Crippen LogP contribution is 2.16. The van der Waals surface area contributed by atoms with E-state index in [1.165, 1.54) is 186 Å². The van der Waals surface area contributed by atoms with Gasteiger partial charge in [0.2, 0.25) is 0 Å². The highest BCUT2D eigenvalue weighted by Gasteiger charge is 2.17. The predicted molar refractivity (Wildman–Crippen MR) is 279 cm³/mol. The monoisotopic (exact) mass is 895 g/mol. The van der Waals surface area contributed by atoms with Crippen molar-refractivity contribution in [1.82, 2.24) is 0 Å². The van der Waals surface area contributed by atoms with Crippen molar-refractivity contribution in [2.24, 2.45) is 0 Å². The van der Waals surface area contributed by atoms with Crippen LogP contribution in [0.15, 0.2) is 60.8 Å². The van der Waals surface area contributed by atoms with Gasteiger partial charge in [-0.2, -0.15) is 0 Å². The van der Waals surface area contributed by atoms with Gasteiger partial charge in [-0.15, -0.1) is 0 Å². The van der Waals surface area contributed by atoms with E-state index in [1.54, 1.807) is 0 Å². The van der Waals surface area contributed by atoms with Gasteiger partial charge in [0.05, 0.1) is 6.61 Å². The van der Waals surface area contributed by atoms with Crippen molar-refractivity contribution in [3.05, 3.63) is 60.8 Å². The molecule has 0 fully saturated rings. The summed E-state index contributed by atoms with van der Waals surface area (Å²) in [6.07, 6.45) is 69.7. The molecular weight excluding hydrogens is 789 g/mol. The lowest BCUT2D eigenvalue weighted by atomic mass is 10.0. The lowest BCUT2D eigenvalue weighted by molar-refractivity contribution is -0.162. The molecule has 5 heteroatoms. The summed E-state index contributed by atoms with van der Waals surface area (Å²) in [5.74, 6) is -0.480. The minimum Gasteiger partial charge on any atom is -0.462 e. The molecule has 0 rings (SSSR count). The van der Waals surface area contributed by atoms with E-state index in [9.17, 15) is 9.59 Å². The fourth-order valence-electron chi connectivity index (χ4n) is 7.93. The fourth-order valence-corrected chi connectivity index (χ4v) is 7.93. The maximum atomic E-state index is 12.8. The summed E-state index contributed by atoms with van der Waals surface area (Å²) in [5.41, 5.74) is 0. The first-order valence-corrected chi connectivity index (χ1v) is 27.8. The minimum atomic E-state index is -0.574. The first-order valence-electron chi connectivity index (χ1n) is 27.8. The summed E-state index contributed by atoms with van der Waals surface area (Å²) in [7, 11) is 0. The Morgan fingerprint density at radius 1 is 0.359 bits per heavy atom.